The van der Waals surface area contributed by atoms with E-state index >= 15 is 0 Å². The number of fused-ring (bicyclic) bond motifs is 1. The summed E-state index contributed by atoms with van der Waals surface area (Å²) in [4.78, 5) is 26.8. The summed E-state index contributed by atoms with van der Waals surface area (Å²) in [6.07, 6.45) is 1.30. The van der Waals surface area contributed by atoms with Gasteiger partial charge >= 0.3 is 5.82 Å². The van der Waals surface area contributed by atoms with Crippen LogP contribution in [0.4, 0.5) is 5.82 Å². The van der Waals surface area contributed by atoms with Crippen molar-refractivity contribution in [3.8, 4) is 22.9 Å². The van der Waals surface area contributed by atoms with Crippen molar-refractivity contribution in [1.82, 2.24) is 9.55 Å². The lowest BCUT2D eigenvalue weighted by molar-refractivity contribution is -0.390. The highest BCUT2D eigenvalue weighted by Crippen LogP contribution is 2.35. The molecule has 9 heteroatoms. The van der Waals surface area contributed by atoms with Crippen LogP contribution in [0.25, 0.3) is 5.69 Å². The van der Waals surface area contributed by atoms with E-state index in [1.54, 1.807) is 6.07 Å². The molecule has 0 bridgehead atoms. The molecule has 0 fully saturated rings. The molecule has 3 aromatic rings. The van der Waals surface area contributed by atoms with E-state index in [2.05, 4.69) is 4.98 Å². The molecule has 3 heterocycles. The molecule has 9 nitrogen and oxygen atoms in total. The average molecular weight is 395 g/mol. The van der Waals surface area contributed by atoms with Crippen molar-refractivity contribution < 1.29 is 23.9 Å². The van der Waals surface area contributed by atoms with Gasteiger partial charge in [0.1, 0.15) is 6.20 Å². The van der Waals surface area contributed by atoms with E-state index in [1.165, 1.54) is 18.3 Å². The SMILES string of the molecule is Cc1cc(C(=O)COc2cccnc2[N+](=O)[O-])c(C)n1-c1ccc2c(c1)OCO2. The summed E-state index contributed by atoms with van der Waals surface area (Å²) in [6.45, 7) is 3.57. The van der Waals surface area contributed by atoms with Gasteiger partial charge < -0.3 is 28.9 Å². The number of pyridine rings is 1. The van der Waals surface area contributed by atoms with Gasteiger partial charge in [0, 0.05) is 28.7 Å². The van der Waals surface area contributed by atoms with Gasteiger partial charge in [-0.2, -0.15) is 0 Å². The van der Waals surface area contributed by atoms with Crippen LogP contribution in [-0.4, -0.2) is 33.7 Å². The van der Waals surface area contributed by atoms with Crippen LogP contribution in [0, 0.1) is 24.0 Å². The van der Waals surface area contributed by atoms with Crippen molar-refractivity contribution in [3.63, 3.8) is 0 Å². The number of carbonyl (C=O) groups is 1. The van der Waals surface area contributed by atoms with E-state index in [0.717, 1.165) is 17.1 Å². The molecule has 148 valence electrons. The van der Waals surface area contributed by atoms with Crippen molar-refractivity contribution in [2.45, 2.75) is 13.8 Å². The zero-order chi connectivity index (χ0) is 20.5. The van der Waals surface area contributed by atoms with Gasteiger partial charge in [-0.3, -0.25) is 4.79 Å². The molecule has 0 atom stereocenters. The Morgan fingerprint density at radius 2 is 2.03 bits per heavy atom. The van der Waals surface area contributed by atoms with Crippen LogP contribution in [0.1, 0.15) is 21.7 Å². The molecular formula is C20H17N3O6. The van der Waals surface area contributed by atoms with Crippen molar-refractivity contribution in [2.24, 2.45) is 0 Å². The van der Waals surface area contributed by atoms with Gasteiger partial charge in [0.05, 0.1) is 0 Å². The Balaban J connectivity index is 1.58. The molecule has 1 aliphatic heterocycles. The Morgan fingerprint density at radius 3 is 2.83 bits per heavy atom. The predicted octanol–water partition coefficient (Wildman–Crippen LogP) is 3.39. The molecule has 29 heavy (non-hydrogen) atoms. The van der Waals surface area contributed by atoms with Gasteiger partial charge in [0.2, 0.25) is 18.3 Å². The first-order valence-corrected chi connectivity index (χ1v) is 8.80. The Kier molecular flexibility index (Phi) is 4.63. The van der Waals surface area contributed by atoms with E-state index in [1.807, 2.05) is 36.6 Å². The van der Waals surface area contributed by atoms with Crippen molar-refractivity contribution in [1.29, 1.82) is 0 Å². The van der Waals surface area contributed by atoms with Crippen LogP contribution >= 0.6 is 0 Å². The topological polar surface area (TPSA) is 106 Å². The fourth-order valence-corrected chi connectivity index (χ4v) is 3.32. The molecule has 0 saturated carbocycles. The first-order valence-electron chi connectivity index (χ1n) is 8.80. The quantitative estimate of drug-likeness (QED) is 0.358. The molecule has 0 amide bonds. The fraction of sp³-hybridized carbons (Fsp3) is 0.200. The molecule has 0 saturated heterocycles. The monoisotopic (exact) mass is 395 g/mol. The molecule has 1 aromatic carbocycles. The Labute approximate surface area is 165 Å². The minimum atomic E-state index is -0.648. The number of hydrogen-bond acceptors (Lipinski definition) is 7. The number of hydrogen-bond donors (Lipinski definition) is 0. The van der Waals surface area contributed by atoms with Crippen molar-refractivity contribution in [3.05, 3.63) is 69.7 Å². The number of aromatic nitrogens is 2. The average Bonchev–Trinajstić information content (AvgIpc) is 3.29. The maximum absolute atomic E-state index is 12.7. The van der Waals surface area contributed by atoms with Crippen molar-refractivity contribution >= 4 is 11.6 Å². The normalized spacial score (nSPS) is 12.1. The lowest BCUT2D eigenvalue weighted by atomic mass is 10.1. The minimum absolute atomic E-state index is 0.0459. The highest BCUT2D eigenvalue weighted by Gasteiger charge is 2.21. The van der Waals surface area contributed by atoms with E-state index < -0.39 is 10.7 Å². The molecule has 0 unspecified atom stereocenters. The smallest absolute Gasteiger partial charge is 0.406 e. The number of nitrogens with zero attached hydrogens (tertiary/aromatic N) is 3. The summed E-state index contributed by atoms with van der Waals surface area (Å²) in [5, 5.41) is 11.0. The number of carbonyl (C=O) groups excluding carboxylic acids is 1. The molecule has 2 aromatic heterocycles. The molecule has 4 rings (SSSR count). The lowest BCUT2D eigenvalue weighted by Crippen LogP contribution is -2.13. The zero-order valence-corrected chi connectivity index (χ0v) is 15.7. The number of benzene rings is 1. The number of ether oxygens (including phenoxy) is 3. The Bertz CT molecular complexity index is 1120. The van der Waals surface area contributed by atoms with Gasteiger partial charge in [0.25, 0.3) is 0 Å². The minimum Gasteiger partial charge on any atom is -0.477 e. The van der Waals surface area contributed by atoms with E-state index in [4.69, 9.17) is 14.2 Å². The second-order valence-corrected chi connectivity index (χ2v) is 6.45. The molecule has 0 N–H and O–H groups in total. The van der Waals surface area contributed by atoms with Crippen molar-refractivity contribution in [2.75, 3.05) is 13.4 Å². The van der Waals surface area contributed by atoms with Gasteiger partial charge in [0.15, 0.2) is 18.1 Å². The standard InChI is InChI=1S/C20H17N3O6/c1-12-8-15(16(24)10-27-18-4-3-7-21-20(18)23(25)26)13(2)22(12)14-5-6-17-19(9-14)29-11-28-17/h3-9H,10-11H2,1-2H3. The molecule has 0 spiro atoms. The van der Waals surface area contributed by atoms with Crippen LogP contribution in [-0.2, 0) is 0 Å². The number of ketones is 1. The summed E-state index contributed by atoms with van der Waals surface area (Å²) >= 11 is 0. The lowest BCUT2D eigenvalue weighted by Gasteiger charge is -2.11. The third kappa shape index (κ3) is 3.38. The molecule has 0 radical (unpaired) electrons. The summed E-state index contributed by atoms with van der Waals surface area (Å²) in [5.41, 5.74) is 2.91. The summed E-state index contributed by atoms with van der Waals surface area (Å²) in [6, 6.07) is 10.3. The largest absolute Gasteiger partial charge is 0.477 e. The summed E-state index contributed by atoms with van der Waals surface area (Å²) in [5.74, 6) is 0.568. The number of nitro groups is 1. The highest BCUT2D eigenvalue weighted by atomic mass is 16.7. The molecular weight excluding hydrogens is 378 g/mol. The second-order valence-electron chi connectivity index (χ2n) is 6.45. The predicted molar refractivity (Wildman–Crippen MR) is 102 cm³/mol. The van der Waals surface area contributed by atoms with Crippen LogP contribution in [0.3, 0.4) is 0 Å². The number of Topliss-reactive ketones (excluding diaryl/α,β-unsaturated/α-hetero) is 1. The van der Waals surface area contributed by atoms with E-state index in [9.17, 15) is 14.9 Å². The third-order valence-corrected chi connectivity index (χ3v) is 4.63. The number of aryl methyl sites for hydroxylation is 1. The Morgan fingerprint density at radius 1 is 1.24 bits per heavy atom. The molecule has 1 aliphatic rings. The summed E-state index contributed by atoms with van der Waals surface area (Å²) in [7, 11) is 0. The maximum atomic E-state index is 12.7. The second kappa shape index (κ2) is 7.27. The van der Waals surface area contributed by atoms with Crippen LogP contribution < -0.4 is 14.2 Å². The van der Waals surface area contributed by atoms with Crippen LogP contribution in [0.2, 0.25) is 0 Å². The van der Waals surface area contributed by atoms with Gasteiger partial charge in [-0.25, -0.2) is 0 Å². The first-order chi connectivity index (χ1) is 14.0. The van der Waals surface area contributed by atoms with E-state index in [-0.39, 0.29) is 24.9 Å². The number of rotatable bonds is 6. The summed E-state index contributed by atoms with van der Waals surface area (Å²) < 4.78 is 18.1. The fourth-order valence-electron chi connectivity index (χ4n) is 3.32. The highest BCUT2D eigenvalue weighted by molar-refractivity contribution is 5.98. The van der Waals surface area contributed by atoms with Gasteiger partial charge in [-0.05, 0) is 54.1 Å². The third-order valence-electron chi connectivity index (χ3n) is 4.63. The molecule has 0 aliphatic carbocycles. The van der Waals surface area contributed by atoms with Crippen LogP contribution in [0.5, 0.6) is 17.2 Å². The van der Waals surface area contributed by atoms with Gasteiger partial charge in [-0.1, -0.05) is 0 Å². The first kappa shape index (κ1) is 18.5. The van der Waals surface area contributed by atoms with Gasteiger partial charge in [-0.15, -0.1) is 0 Å². The van der Waals surface area contributed by atoms with E-state index in [0.29, 0.717) is 17.1 Å². The maximum Gasteiger partial charge on any atom is 0.406 e. The Hall–Kier alpha value is -3.88. The van der Waals surface area contributed by atoms with Crippen LogP contribution in [0.15, 0.2) is 42.6 Å². The zero-order valence-electron chi connectivity index (χ0n) is 15.7.